The number of hydrogen-bond acceptors (Lipinski definition) is 3. The molecule has 1 atom stereocenters. The number of urea groups is 1. The van der Waals surface area contributed by atoms with Crippen molar-refractivity contribution in [3.8, 4) is 5.75 Å². The van der Waals surface area contributed by atoms with E-state index in [1.165, 1.54) is 0 Å². The number of rotatable bonds is 5. The Labute approximate surface area is 127 Å². The first-order chi connectivity index (χ1) is 9.69. The number of carbonyl (C=O) groups is 1. The molecule has 20 heavy (non-hydrogen) atoms. The van der Waals surface area contributed by atoms with Crippen LogP contribution in [0.25, 0.3) is 0 Å². The highest BCUT2D eigenvalue weighted by Gasteiger charge is 2.16. The molecule has 1 aromatic rings. The highest BCUT2D eigenvalue weighted by atomic mass is 79.9. The molecule has 1 aliphatic heterocycles. The quantitative estimate of drug-likeness (QED) is 0.864. The van der Waals surface area contributed by atoms with Crippen LogP contribution < -0.4 is 15.4 Å². The fourth-order valence-electron chi connectivity index (χ4n) is 2.03. The molecule has 5 nitrogen and oxygen atoms in total. The van der Waals surface area contributed by atoms with Crippen molar-refractivity contribution in [3.05, 3.63) is 22.7 Å². The number of halogens is 1. The molecule has 1 saturated heterocycles. The molecule has 1 heterocycles. The van der Waals surface area contributed by atoms with E-state index < -0.39 is 0 Å². The fourth-order valence-corrected chi connectivity index (χ4v) is 2.39. The van der Waals surface area contributed by atoms with Crippen molar-refractivity contribution >= 4 is 27.6 Å². The molecule has 6 heteroatoms. The topological polar surface area (TPSA) is 59.6 Å². The van der Waals surface area contributed by atoms with Crippen molar-refractivity contribution in [3.63, 3.8) is 0 Å². The van der Waals surface area contributed by atoms with Gasteiger partial charge in [-0.3, -0.25) is 0 Å². The van der Waals surface area contributed by atoms with Crippen molar-refractivity contribution in [2.75, 3.05) is 31.7 Å². The van der Waals surface area contributed by atoms with E-state index in [9.17, 15) is 4.79 Å². The lowest BCUT2D eigenvalue weighted by Crippen LogP contribution is -2.33. The summed E-state index contributed by atoms with van der Waals surface area (Å²) in [6.45, 7) is 4.60. The van der Waals surface area contributed by atoms with E-state index in [2.05, 4.69) is 26.6 Å². The zero-order valence-corrected chi connectivity index (χ0v) is 13.0. The minimum atomic E-state index is -0.226. The molecule has 110 valence electrons. The van der Waals surface area contributed by atoms with Crippen LogP contribution >= 0.6 is 15.9 Å². The van der Waals surface area contributed by atoms with E-state index >= 15 is 0 Å². The Morgan fingerprint density at radius 3 is 3.10 bits per heavy atom. The highest BCUT2D eigenvalue weighted by Crippen LogP contribution is 2.28. The van der Waals surface area contributed by atoms with E-state index in [1.807, 2.05) is 25.1 Å². The molecule has 2 amide bonds. The van der Waals surface area contributed by atoms with Gasteiger partial charge >= 0.3 is 6.03 Å². The lowest BCUT2D eigenvalue weighted by molar-refractivity contribution is 0.185. The summed E-state index contributed by atoms with van der Waals surface area (Å²) >= 11 is 3.39. The standard InChI is InChI=1S/C14H19BrN2O3/c1-2-20-13-4-3-11(15)7-12(13)17-14(18)16-8-10-5-6-19-9-10/h3-4,7,10H,2,5-6,8-9H2,1H3,(H2,16,17,18)/t10-/m1/s1. The fraction of sp³-hybridized carbons (Fsp3) is 0.500. The maximum atomic E-state index is 11.9. The van der Waals surface area contributed by atoms with Crippen molar-refractivity contribution in [2.24, 2.45) is 5.92 Å². The van der Waals surface area contributed by atoms with E-state index in [-0.39, 0.29) is 6.03 Å². The van der Waals surface area contributed by atoms with Gasteiger partial charge in [0, 0.05) is 23.5 Å². The Hall–Kier alpha value is -1.27. The second-order valence-electron chi connectivity index (χ2n) is 4.64. The number of anilines is 1. The minimum Gasteiger partial charge on any atom is -0.492 e. The van der Waals surface area contributed by atoms with Crippen molar-refractivity contribution in [1.29, 1.82) is 0 Å². The Morgan fingerprint density at radius 1 is 1.55 bits per heavy atom. The van der Waals surface area contributed by atoms with Gasteiger partial charge in [0.05, 0.1) is 18.9 Å². The molecule has 0 saturated carbocycles. The predicted octanol–water partition coefficient (Wildman–Crippen LogP) is 3.01. The number of hydrogen-bond donors (Lipinski definition) is 2. The van der Waals surface area contributed by atoms with Crippen LogP contribution in [0.5, 0.6) is 5.75 Å². The second kappa shape index (κ2) is 7.50. The average molecular weight is 343 g/mol. The molecule has 0 aromatic heterocycles. The smallest absolute Gasteiger partial charge is 0.319 e. The summed E-state index contributed by atoms with van der Waals surface area (Å²) in [5.41, 5.74) is 0.654. The molecule has 0 aliphatic carbocycles. The van der Waals surface area contributed by atoms with Crippen molar-refractivity contribution in [2.45, 2.75) is 13.3 Å². The van der Waals surface area contributed by atoms with Crippen LogP contribution in [0.4, 0.5) is 10.5 Å². The second-order valence-corrected chi connectivity index (χ2v) is 5.55. The molecule has 0 bridgehead atoms. The molecule has 0 spiro atoms. The van der Waals surface area contributed by atoms with Gasteiger partial charge in [0.1, 0.15) is 5.75 Å². The molecular weight excluding hydrogens is 324 g/mol. The van der Waals surface area contributed by atoms with Crippen LogP contribution in [0.1, 0.15) is 13.3 Å². The van der Waals surface area contributed by atoms with Gasteiger partial charge in [0.15, 0.2) is 0 Å². The first-order valence-electron chi connectivity index (χ1n) is 6.74. The molecule has 0 radical (unpaired) electrons. The van der Waals surface area contributed by atoms with E-state index in [0.29, 0.717) is 30.5 Å². The monoisotopic (exact) mass is 342 g/mol. The van der Waals surface area contributed by atoms with Crippen LogP contribution in [0.3, 0.4) is 0 Å². The SMILES string of the molecule is CCOc1ccc(Br)cc1NC(=O)NC[C@H]1CCOC1. The number of ether oxygens (including phenoxy) is 2. The number of carbonyl (C=O) groups excluding carboxylic acids is 1. The van der Waals surface area contributed by atoms with E-state index in [1.54, 1.807) is 0 Å². The Bertz CT molecular complexity index is 462. The highest BCUT2D eigenvalue weighted by molar-refractivity contribution is 9.10. The van der Waals surface area contributed by atoms with Gasteiger partial charge in [-0.2, -0.15) is 0 Å². The van der Waals surface area contributed by atoms with Crippen LogP contribution in [0.15, 0.2) is 22.7 Å². The molecule has 1 aliphatic rings. The van der Waals surface area contributed by atoms with Gasteiger partial charge in [-0.25, -0.2) is 4.79 Å². The molecule has 1 aromatic carbocycles. The zero-order chi connectivity index (χ0) is 14.4. The van der Waals surface area contributed by atoms with Crippen LogP contribution in [0.2, 0.25) is 0 Å². The van der Waals surface area contributed by atoms with Crippen molar-refractivity contribution < 1.29 is 14.3 Å². The summed E-state index contributed by atoms with van der Waals surface area (Å²) in [6.07, 6.45) is 1.00. The molecule has 0 unspecified atom stereocenters. The van der Waals surface area contributed by atoms with Gasteiger partial charge in [-0.1, -0.05) is 15.9 Å². The van der Waals surface area contributed by atoms with Crippen LogP contribution in [-0.4, -0.2) is 32.4 Å². The summed E-state index contributed by atoms with van der Waals surface area (Å²) in [5, 5.41) is 5.68. The Kier molecular flexibility index (Phi) is 5.67. The maximum absolute atomic E-state index is 11.9. The zero-order valence-electron chi connectivity index (χ0n) is 11.4. The Morgan fingerprint density at radius 2 is 2.40 bits per heavy atom. The minimum absolute atomic E-state index is 0.226. The molecule has 2 rings (SSSR count). The van der Waals surface area contributed by atoms with E-state index in [4.69, 9.17) is 9.47 Å². The third kappa shape index (κ3) is 4.38. The largest absolute Gasteiger partial charge is 0.492 e. The van der Waals surface area contributed by atoms with Gasteiger partial charge in [0.2, 0.25) is 0 Å². The number of nitrogens with one attached hydrogen (secondary N) is 2. The maximum Gasteiger partial charge on any atom is 0.319 e. The first-order valence-corrected chi connectivity index (χ1v) is 7.53. The summed E-state index contributed by atoms with van der Waals surface area (Å²) in [5.74, 6) is 1.07. The van der Waals surface area contributed by atoms with Crippen LogP contribution in [-0.2, 0) is 4.74 Å². The summed E-state index contributed by atoms with van der Waals surface area (Å²) in [7, 11) is 0. The lowest BCUT2D eigenvalue weighted by Gasteiger charge is -2.14. The van der Waals surface area contributed by atoms with Gasteiger partial charge < -0.3 is 20.1 Å². The third-order valence-electron chi connectivity index (χ3n) is 3.06. The predicted molar refractivity (Wildman–Crippen MR) is 81.3 cm³/mol. The van der Waals surface area contributed by atoms with Gasteiger partial charge in [-0.15, -0.1) is 0 Å². The molecule has 1 fully saturated rings. The third-order valence-corrected chi connectivity index (χ3v) is 3.56. The van der Waals surface area contributed by atoms with Crippen LogP contribution in [0, 0.1) is 5.92 Å². The molecular formula is C14H19BrN2O3. The number of amides is 2. The van der Waals surface area contributed by atoms with Crippen molar-refractivity contribution in [1.82, 2.24) is 5.32 Å². The van der Waals surface area contributed by atoms with E-state index in [0.717, 1.165) is 24.1 Å². The first kappa shape index (κ1) is 15.1. The number of benzene rings is 1. The normalized spacial score (nSPS) is 17.8. The average Bonchev–Trinajstić information content (AvgIpc) is 2.93. The van der Waals surface area contributed by atoms with Gasteiger partial charge in [-0.05, 0) is 31.5 Å². The summed E-state index contributed by atoms with van der Waals surface area (Å²) in [4.78, 5) is 11.9. The molecule has 2 N–H and O–H groups in total. The Balaban J connectivity index is 1.90. The summed E-state index contributed by atoms with van der Waals surface area (Å²) in [6, 6.07) is 5.30. The van der Waals surface area contributed by atoms with Gasteiger partial charge in [0.25, 0.3) is 0 Å². The summed E-state index contributed by atoms with van der Waals surface area (Å²) < 4.78 is 11.7. The lowest BCUT2D eigenvalue weighted by atomic mass is 10.1.